The van der Waals surface area contributed by atoms with Crippen LogP contribution in [-0.2, 0) is 6.54 Å². The Kier molecular flexibility index (Phi) is 4.91. The third-order valence-corrected chi connectivity index (χ3v) is 4.28. The Bertz CT molecular complexity index is 357. The molecule has 0 atom stereocenters. The lowest BCUT2D eigenvalue weighted by Gasteiger charge is -2.34. The Morgan fingerprint density at radius 2 is 2.11 bits per heavy atom. The molecule has 0 aliphatic carbocycles. The van der Waals surface area contributed by atoms with Gasteiger partial charge in [-0.25, -0.2) is 0 Å². The zero-order valence-electron chi connectivity index (χ0n) is 11.5. The Morgan fingerprint density at radius 3 is 2.72 bits per heavy atom. The van der Waals surface area contributed by atoms with Gasteiger partial charge in [-0.2, -0.15) is 0 Å². The number of aromatic nitrogens is 2. The van der Waals surface area contributed by atoms with Crippen molar-refractivity contribution in [2.24, 2.45) is 0 Å². The van der Waals surface area contributed by atoms with E-state index in [1.54, 1.807) is 0 Å². The molecule has 2 heterocycles. The van der Waals surface area contributed by atoms with Gasteiger partial charge in [-0.15, -0.1) is 5.10 Å². The topological polar surface area (TPSA) is 44.3 Å². The van der Waals surface area contributed by atoms with Gasteiger partial charge in [0, 0.05) is 43.8 Å². The fourth-order valence-electron chi connectivity index (χ4n) is 2.41. The van der Waals surface area contributed by atoms with E-state index in [0.29, 0.717) is 0 Å². The summed E-state index contributed by atoms with van der Waals surface area (Å²) in [5, 5.41) is 8.70. The molecule has 6 heteroatoms. The van der Waals surface area contributed by atoms with Gasteiger partial charge in [-0.3, -0.25) is 4.90 Å². The van der Waals surface area contributed by atoms with Gasteiger partial charge in [0.25, 0.3) is 0 Å². The average Bonchev–Trinajstić information content (AvgIpc) is 2.78. The minimum atomic E-state index is 0.739. The fourth-order valence-corrected chi connectivity index (χ4v) is 3.05. The number of piperidine rings is 1. The van der Waals surface area contributed by atoms with E-state index in [2.05, 4.69) is 45.7 Å². The number of nitrogens with one attached hydrogen (secondary N) is 1. The molecule has 1 saturated heterocycles. The third kappa shape index (κ3) is 3.40. The van der Waals surface area contributed by atoms with Crippen molar-refractivity contribution in [1.29, 1.82) is 0 Å². The fraction of sp³-hybridized carbons (Fsp3) is 0.833. The van der Waals surface area contributed by atoms with E-state index < -0.39 is 0 Å². The lowest BCUT2D eigenvalue weighted by Crippen LogP contribution is -2.41. The van der Waals surface area contributed by atoms with Crippen molar-refractivity contribution < 1.29 is 0 Å². The molecule has 2 rings (SSSR count). The van der Waals surface area contributed by atoms with Gasteiger partial charge in [0.15, 0.2) is 0 Å². The van der Waals surface area contributed by atoms with E-state index in [-0.39, 0.29) is 0 Å². The largest absolute Gasteiger partial charge is 0.374 e. The summed E-state index contributed by atoms with van der Waals surface area (Å²) < 4.78 is 4.04. The zero-order valence-corrected chi connectivity index (χ0v) is 12.3. The molecule has 1 N–H and O–H groups in total. The van der Waals surface area contributed by atoms with Crippen molar-refractivity contribution in [3.63, 3.8) is 0 Å². The molecular formula is C12H23N5S. The van der Waals surface area contributed by atoms with Crippen molar-refractivity contribution >= 4 is 16.5 Å². The van der Waals surface area contributed by atoms with Crippen molar-refractivity contribution in [2.45, 2.75) is 32.4 Å². The SMILES string of the molecule is CCNc1snnc1CN1CCC(N(C)C)CC1. The predicted octanol–water partition coefficient (Wildman–Crippen LogP) is 1.50. The van der Waals surface area contributed by atoms with E-state index in [4.69, 9.17) is 0 Å². The molecule has 0 amide bonds. The first-order chi connectivity index (χ1) is 8.70. The second-order valence-corrected chi connectivity index (χ2v) is 5.80. The van der Waals surface area contributed by atoms with E-state index >= 15 is 0 Å². The van der Waals surface area contributed by atoms with Crippen LogP contribution in [0.25, 0.3) is 0 Å². The van der Waals surface area contributed by atoms with Crippen LogP contribution in [0.3, 0.4) is 0 Å². The Morgan fingerprint density at radius 1 is 1.39 bits per heavy atom. The van der Waals surface area contributed by atoms with E-state index in [1.807, 2.05) is 0 Å². The molecule has 1 aromatic rings. The molecule has 0 bridgehead atoms. The maximum absolute atomic E-state index is 4.24. The van der Waals surface area contributed by atoms with E-state index in [1.165, 1.54) is 24.4 Å². The highest BCUT2D eigenvalue weighted by molar-refractivity contribution is 7.10. The molecule has 0 radical (unpaired) electrons. The average molecular weight is 269 g/mol. The van der Waals surface area contributed by atoms with Crippen molar-refractivity contribution in [3.8, 4) is 0 Å². The molecule has 0 aromatic carbocycles. The minimum Gasteiger partial charge on any atom is -0.374 e. The van der Waals surface area contributed by atoms with Gasteiger partial charge < -0.3 is 10.2 Å². The van der Waals surface area contributed by atoms with Gasteiger partial charge in [0.05, 0.1) is 0 Å². The minimum absolute atomic E-state index is 0.739. The molecular weight excluding hydrogens is 246 g/mol. The zero-order chi connectivity index (χ0) is 13.0. The van der Waals surface area contributed by atoms with Crippen LogP contribution in [0.15, 0.2) is 0 Å². The maximum Gasteiger partial charge on any atom is 0.134 e. The molecule has 18 heavy (non-hydrogen) atoms. The molecule has 0 saturated carbocycles. The smallest absolute Gasteiger partial charge is 0.134 e. The first-order valence-electron chi connectivity index (χ1n) is 6.64. The van der Waals surface area contributed by atoms with Crippen LogP contribution in [0.1, 0.15) is 25.5 Å². The highest BCUT2D eigenvalue weighted by atomic mass is 32.1. The second kappa shape index (κ2) is 6.45. The summed E-state index contributed by atoms with van der Waals surface area (Å²) >= 11 is 1.46. The summed E-state index contributed by atoms with van der Waals surface area (Å²) in [5.74, 6) is 0. The van der Waals surface area contributed by atoms with Crippen LogP contribution < -0.4 is 5.32 Å². The number of rotatable bonds is 5. The lowest BCUT2D eigenvalue weighted by molar-refractivity contribution is 0.139. The number of hydrogen-bond donors (Lipinski definition) is 1. The Hall–Kier alpha value is -0.720. The van der Waals surface area contributed by atoms with Crippen LogP contribution >= 0.6 is 11.5 Å². The summed E-state index contributed by atoms with van der Waals surface area (Å²) in [7, 11) is 4.35. The van der Waals surface area contributed by atoms with Crippen LogP contribution in [0.5, 0.6) is 0 Å². The van der Waals surface area contributed by atoms with Crippen molar-refractivity contribution in [3.05, 3.63) is 5.69 Å². The predicted molar refractivity (Wildman–Crippen MR) is 76.1 cm³/mol. The van der Waals surface area contributed by atoms with Crippen LogP contribution in [0.2, 0.25) is 0 Å². The molecule has 1 aromatic heterocycles. The van der Waals surface area contributed by atoms with Gasteiger partial charge >= 0.3 is 0 Å². The van der Waals surface area contributed by atoms with E-state index in [0.717, 1.165) is 42.9 Å². The molecule has 1 fully saturated rings. The van der Waals surface area contributed by atoms with Crippen LogP contribution in [-0.4, -0.2) is 59.2 Å². The molecule has 5 nitrogen and oxygen atoms in total. The summed E-state index contributed by atoms with van der Waals surface area (Å²) in [4.78, 5) is 4.82. The molecule has 0 unspecified atom stereocenters. The number of likely N-dealkylation sites (tertiary alicyclic amines) is 1. The maximum atomic E-state index is 4.24. The summed E-state index contributed by atoms with van der Waals surface area (Å²) in [6.07, 6.45) is 2.50. The normalized spacial score (nSPS) is 18.4. The monoisotopic (exact) mass is 269 g/mol. The van der Waals surface area contributed by atoms with Crippen LogP contribution in [0.4, 0.5) is 5.00 Å². The third-order valence-electron chi connectivity index (χ3n) is 3.55. The standard InChI is InChI=1S/C12H23N5S/c1-4-13-12-11(14-15-18-12)9-17-7-5-10(6-8-17)16(2)3/h10,13H,4-9H2,1-3H3. The van der Waals surface area contributed by atoms with Crippen molar-refractivity contribution in [1.82, 2.24) is 19.4 Å². The summed E-state index contributed by atoms with van der Waals surface area (Å²) in [5.41, 5.74) is 1.10. The molecule has 1 aliphatic heterocycles. The second-order valence-electron chi connectivity index (χ2n) is 5.05. The number of anilines is 1. The number of nitrogens with zero attached hydrogens (tertiary/aromatic N) is 4. The van der Waals surface area contributed by atoms with E-state index in [9.17, 15) is 0 Å². The van der Waals surface area contributed by atoms with Crippen molar-refractivity contribution in [2.75, 3.05) is 39.0 Å². The molecule has 1 aliphatic rings. The lowest BCUT2D eigenvalue weighted by atomic mass is 10.0. The number of hydrogen-bond acceptors (Lipinski definition) is 6. The Balaban J connectivity index is 1.85. The van der Waals surface area contributed by atoms with Gasteiger partial charge in [0.2, 0.25) is 0 Å². The first kappa shape index (κ1) is 13.7. The first-order valence-corrected chi connectivity index (χ1v) is 7.42. The van der Waals surface area contributed by atoms with Gasteiger partial charge in [-0.1, -0.05) is 4.49 Å². The highest BCUT2D eigenvalue weighted by Crippen LogP contribution is 2.21. The molecule has 102 valence electrons. The quantitative estimate of drug-likeness (QED) is 0.877. The van der Waals surface area contributed by atoms with Gasteiger partial charge in [0.1, 0.15) is 10.7 Å². The summed E-state index contributed by atoms with van der Waals surface area (Å²) in [6, 6.07) is 0.739. The van der Waals surface area contributed by atoms with Gasteiger partial charge in [-0.05, 0) is 33.9 Å². The highest BCUT2D eigenvalue weighted by Gasteiger charge is 2.22. The van der Waals surface area contributed by atoms with Crippen LogP contribution in [0, 0.1) is 0 Å². The summed E-state index contributed by atoms with van der Waals surface area (Å²) in [6.45, 7) is 6.28. The molecule has 0 spiro atoms. The Labute approximate surface area is 113 Å².